The van der Waals surface area contributed by atoms with E-state index in [1.54, 1.807) is 12.1 Å². The number of benzene rings is 1. The first-order valence-electron chi connectivity index (χ1n) is 5.93. The van der Waals surface area contributed by atoms with E-state index in [1.165, 1.54) is 6.20 Å². The van der Waals surface area contributed by atoms with Crippen molar-refractivity contribution in [2.45, 2.75) is 6.54 Å². The zero-order valence-corrected chi connectivity index (χ0v) is 12.0. The first kappa shape index (κ1) is 13.8. The molecule has 0 aliphatic carbocycles. The maximum absolute atomic E-state index is 13.9. The van der Waals surface area contributed by atoms with Crippen LogP contribution in [-0.4, -0.2) is 16.7 Å². The number of carbonyl (C=O) groups is 2. The highest BCUT2D eigenvalue weighted by molar-refractivity contribution is 9.10. The molecular weight excluding hydrogens is 346 g/mol. The van der Waals surface area contributed by atoms with Crippen LogP contribution in [0.2, 0.25) is 0 Å². The largest absolute Gasteiger partial charge is 0.299 e. The Morgan fingerprint density at radius 3 is 2.62 bits per heavy atom. The van der Waals surface area contributed by atoms with Gasteiger partial charge in [0.1, 0.15) is 5.82 Å². The maximum Gasteiger partial charge on any atom is 0.299 e. The fourth-order valence-electron chi connectivity index (χ4n) is 2.17. The van der Waals surface area contributed by atoms with Crippen molar-refractivity contribution < 1.29 is 18.4 Å². The number of fused-ring (bicyclic) bond motifs is 1. The lowest BCUT2D eigenvalue weighted by atomic mass is 10.1. The van der Waals surface area contributed by atoms with Crippen LogP contribution >= 0.6 is 15.9 Å². The Labute approximate surface area is 126 Å². The second kappa shape index (κ2) is 5.00. The van der Waals surface area contributed by atoms with Gasteiger partial charge in [-0.15, -0.1) is 0 Å². The number of aromatic nitrogens is 1. The number of hydrogen-bond acceptors (Lipinski definition) is 3. The molecule has 0 spiro atoms. The fraction of sp³-hybridized carbons (Fsp3) is 0.0714. The van der Waals surface area contributed by atoms with Gasteiger partial charge in [-0.25, -0.2) is 8.78 Å². The Morgan fingerprint density at radius 2 is 1.95 bits per heavy atom. The smallest absolute Gasteiger partial charge is 0.296 e. The second-order valence-corrected chi connectivity index (χ2v) is 5.39. The van der Waals surface area contributed by atoms with Gasteiger partial charge < -0.3 is 0 Å². The molecule has 1 aromatic carbocycles. The van der Waals surface area contributed by atoms with Crippen molar-refractivity contribution in [2.24, 2.45) is 0 Å². The Hall–Kier alpha value is -2.15. The van der Waals surface area contributed by atoms with Gasteiger partial charge in [0.15, 0.2) is 5.82 Å². The number of hydrogen-bond donors (Lipinski definition) is 0. The number of amides is 1. The quantitative estimate of drug-likeness (QED) is 0.781. The van der Waals surface area contributed by atoms with Crippen molar-refractivity contribution >= 4 is 33.3 Å². The van der Waals surface area contributed by atoms with Gasteiger partial charge in [0.25, 0.3) is 11.7 Å². The number of pyridine rings is 1. The van der Waals surface area contributed by atoms with Gasteiger partial charge in [0.2, 0.25) is 0 Å². The highest BCUT2D eigenvalue weighted by Gasteiger charge is 2.38. The van der Waals surface area contributed by atoms with Gasteiger partial charge >= 0.3 is 0 Å². The SMILES string of the molecule is O=C1C(=O)N(Cc2ccc(Br)cn2)c2c(F)cc(F)cc21. The van der Waals surface area contributed by atoms with E-state index in [9.17, 15) is 18.4 Å². The molecule has 0 saturated carbocycles. The van der Waals surface area contributed by atoms with Gasteiger partial charge in [-0.05, 0) is 34.1 Å². The molecule has 4 nitrogen and oxygen atoms in total. The average Bonchev–Trinajstić information content (AvgIpc) is 2.67. The van der Waals surface area contributed by atoms with Crippen LogP contribution in [0.5, 0.6) is 0 Å². The number of carbonyl (C=O) groups excluding carboxylic acids is 2. The third-order valence-corrected chi connectivity index (χ3v) is 3.56. The Balaban J connectivity index is 2.03. The van der Waals surface area contributed by atoms with Crippen LogP contribution in [-0.2, 0) is 11.3 Å². The van der Waals surface area contributed by atoms with Gasteiger partial charge in [0.05, 0.1) is 23.5 Å². The molecule has 1 aliphatic rings. The summed E-state index contributed by atoms with van der Waals surface area (Å²) < 4.78 is 27.8. The minimum Gasteiger partial charge on any atom is -0.296 e. The predicted molar refractivity (Wildman–Crippen MR) is 73.8 cm³/mol. The minimum absolute atomic E-state index is 0.0621. The third kappa shape index (κ3) is 2.33. The molecule has 1 amide bonds. The van der Waals surface area contributed by atoms with Crippen LogP contribution in [0.3, 0.4) is 0 Å². The molecule has 0 saturated heterocycles. The summed E-state index contributed by atoms with van der Waals surface area (Å²) in [6.45, 7) is -0.0621. The van der Waals surface area contributed by atoms with E-state index >= 15 is 0 Å². The van der Waals surface area contributed by atoms with E-state index in [2.05, 4.69) is 20.9 Å². The van der Waals surface area contributed by atoms with Gasteiger partial charge in [-0.1, -0.05) is 0 Å². The lowest BCUT2D eigenvalue weighted by molar-refractivity contribution is -0.114. The molecule has 0 N–H and O–H groups in total. The summed E-state index contributed by atoms with van der Waals surface area (Å²) in [6, 6.07) is 4.87. The van der Waals surface area contributed by atoms with E-state index in [0.717, 1.165) is 15.4 Å². The summed E-state index contributed by atoms with van der Waals surface area (Å²) in [5.74, 6) is -3.64. The molecule has 0 bridgehead atoms. The first-order valence-corrected chi connectivity index (χ1v) is 6.72. The van der Waals surface area contributed by atoms with Crippen molar-refractivity contribution in [1.29, 1.82) is 0 Å². The highest BCUT2D eigenvalue weighted by Crippen LogP contribution is 2.33. The number of halogens is 3. The standard InChI is InChI=1S/C14H7BrF2N2O2/c15-7-1-2-9(18-5-7)6-19-12-10(13(20)14(19)21)3-8(16)4-11(12)17/h1-5H,6H2. The molecule has 3 rings (SSSR count). The van der Waals surface area contributed by atoms with Crippen LogP contribution in [0.4, 0.5) is 14.5 Å². The summed E-state index contributed by atoms with van der Waals surface area (Å²) in [7, 11) is 0. The van der Waals surface area contributed by atoms with Crippen LogP contribution < -0.4 is 4.90 Å². The molecule has 0 atom stereocenters. The van der Waals surface area contributed by atoms with Crippen molar-refractivity contribution in [2.75, 3.05) is 4.90 Å². The van der Waals surface area contributed by atoms with Crippen molar-refractivity contribution in [3.8, 4) is 0 Å². The van der Waals surface area contributed by atoms with Crippen LogP contribution in [0, 0.1) is 11.6 Å². The summed E-state index contributed by atoms with van der Waals surface area (Å²) in [5.41, 5.74) is 0.0293. The monoisotopic (exact) mass is 352 g/mol. The fourth-order valence-corrected chi connectivity index (χ4v) is 2.40. The molecule has 21 heavy (non-hydrogen) atoms. The Morgan fingerprint density at radius 1 is 1.19 bits per heavy atom. The zero-order chi connectivity index (χ0) is 15.1. The van der Waals surface area contributed by atoms with Crippen LogP contribution in [0.1, 0.15) is 16.1 Å². The predicted octanol–water partition coefficient (Wildman–Crippen LogP) is 2.85. The molecule has 2 heterocycles. The number of Topliss-reactive ketones (excluding diaryl/α,β-unsaturated/α-hetero) is 1. The number of ketones is 1. The van der Waals surface area contributed by atoms with Gasteiger partial charge in [0, 0.05) is 16.7 Å². The van der Waals surface area contributed by atoms with Crippen molar-refractivity contribution in [3.63, 3.8) is 0 Å². The van der Waals surface area contributed by atoms with E-state index in [0.29, 0.717) is 11.8 Å². The molecule has 106 valence electrons. The molecule has 0 radical (unpaired) electrons. The summed E-state index contributed by atoms with van der Waals surface area (Å²) in [5, 5.41) is 0. The topological polar surface area (TPSA) is 50.3 Å². The number of rotatable bonds is 2. The number of anilines is 1. The Bertz CT molecular complexity index is 762. The van der Waals surface area contributed by atoms with Crippen molar-refractivity contribution in [1.82, 2.24) is 4.98 Å². The average molecular weight is 353 g/mol. The summed E-state index contributed by atoms with van der Waals surface area (Å²) in [4.78, 5) is 28.8. The second-order valence-electron chi connectivity index (χ2n) is 4.47. The van der Waals surface area contributed by atoms with E-state index < -0.39 is 23.3 Å². The summed E-state index contributed by atoms with van der Waals surface area (Å²) in [6.07, 6.45) is 1.53. The molecule has 0 fully saturated rings. The molecular formula is C14H7BrF2N2O2. The molecule has 1 aliphatic heterocycles. The number of nitrogens with zero attached hydrogens (tertiary/aromatic N) is 2. The van der Waals surface area contributed by atoms with Crippen LogP contribution in [0.15, 0.2) is 34.9 Å². The third-order valence-electron chi connectivity index (χ3n) is 3.09. The molecule has 2 aromatic rings. The highest BCUT2D eigenvalue weighted by atomic mass is 79.9. The van der Waals surface area contributed by atoms with Crippen molar-refractivity contribution in [3.05, 3.63) is 57.8 Å². The molecule has 1 aromatic heterocycles. The van der Waals surface area contributed by atoms with Gasteiger partial charge in [-0.2, -0.15) is 0 Å². The van der Waals surface area contributed by atoms with Gasteiger partial charge in [-0.3, -0.25) is 19.5 Å². The summed E-state index contributed by atoms with van der Waals surface area (Å²) >= 11 is 3.23. The van der Waals surface area contributed by atoms with Crippen LogP contribution in [0.25, 0.3) is 0 Å². The lowest BCUT2D eigenvalue weighted by Crippen LogP contribution is -2.29. The lowest BCUT2D eigenvalue weighted by Gasteiger charge is -2.16. The van der Waals surface area contributed by atoms with E-state index in [4.69, 9.17) is 0 Å². The minimum atomic E-state index is -0.943. The zero-order valence-electron chi connectivity index (χ0n) is 10.4. The molecule has 7 heteroatoms. The molecule has 0 unspecified atom stereocenters. The maximum atomic E-state index is 13.9. The van der Waals surface area contributed by atoms with E-state index in [1.807, 2.05) is 0 Å². The Kier molecular flexibility index (Phi) is 3.29. The first-order chi connectivity index (χ1) is 9.97. The van der Waals surface area contributed by atoms with E-state index in [-0.39, 0.29) is 17.8 Å². The normalized spacial score (nSPS) is 13.8.